The summed E-state index contributed by atoms with van der Waals surface area (Å²) in [5.74, 6) is -10.0. The number of benzene rings is 1. The first-order valence-corrected chi connectivity index (χ1v) is 8.81. The smallest absolute Gasteiger partial charge is 0.267 e. The molecule has 2 aromatic rings. The number of amides is 2. The molecule has 0 saturated carbocycles. The Balaban J connectivity index is 2.45. The van der Waals surface area contributed by atoms with E-state index in [1.54, 1.807) is 0 Å². The number of nitrogens with one attached hydrogen (secondary N) is 1. The molecule has 0 atom stereocenters. The van der Waals surface area contributed by atoms with E-state index in [4.69, 9.17) is 11.6 Å². The first kappa shape index (κ1) is 22.1. The van der Waals surface area contributed by atoms with E-state index >= 15 is 0 Å². The van der Waals surface area contributed by atoms with E-state index in [1.807, 2.05) is 0 Å². The van der Waals surface area contributed by atoms with Gasteiger partial charge in [-0.15, -0.1) is 0 Å². The van der Waals surface area contributed by atoms with Crippen LogP contribution in [0.5, 0.6) is 0 Å². The highest BCUT2D eigenvalue weighted by Crippen LogP contribution is 2.24. The van der Waals surface area contributed by atoms with Crippen LogP contribution in [0.15, 0.2) is 22.8 Å². The third kappa shape index (κ3) is 4.44. The SMILES string of the molecule is CC(C)(C)N(NC(=O)c1cc(F)c(F)c(F)c1F)C(=O)c1cc(Br)cnc1Cl. The number of hydrazine groups is 1. The summed E-state index contributed by atoms with van der Waals surface area (Å²) in [7, 11) is 0. The molecule has 11 heteroatoms. The minimum absolute atomic E-state index is 0.0943. The Morgan fingerprint density at radius 1 is 1.07 bits per heavy atom. The minimum Gasteiger partial charge on any atom is -0.267 e. The van der Waals surface area contributed by atoms with Gasteiger partial charge in [0, 0.05) is 10.7 Å². The van der Waals surface area contributed by atoms with Gasteiger partial charge in [-0.2, -0.15) is 0 Å². The Kier molecular flexibility index (Phi) is 6.34. The van der Waals surface area contributed by atoms with Gasteiger partial charge in [-0.1, -0.05) is 11.6 Å². The lowest BCUT2D eigenvalue weighted by molar-refractivity contribution is 0.0356. The van der Waals surface area contributed by atoms with E-state index in [9.17, 15) is 27.2 Å². The fraction of sp³-hybridized carbons (Fsp3) is 0.235. The Bertz CT molecular complexity index is 966. The Morgan fingerprint density at radius 2 is 1.68 bits per heavy atom. The number of carbonyl (C=O) groups is 2. The Labute approximate surface area is 170 Å². The van der Waals surface area contributed by atoms with Crippen molar-refractivity contribution >= 4 is 39.3 Å². The summed E-state index contributed by atoms with van der Waals surface area (Å²) < 4.78 is 54.3. The molecule has 0 bridgehead atoms. The third-order valence-electron chi connectivity index (χ3n) is 3.47. The summed E-state index contributed by atoms with van der Waals surface area (Å²) in [6.07, 6.45) is 1.35. The van der Waals surface area contributed by atoms with E-state index in [1.165, 1.54) is 33.0 Å². The molecule has 0 aliphatic carbocycles. The van der Waals surface area contributed by atoms with E-state index < -0.39 is 46.2 Å². The molecule has 1 heterocycles. The zero-order valence-electron chi connectivity index (χ0n) is 14.7. The number of aromatic nitrogens is 1. The molecule has 0 fully saturated rings. The molecule has 1 aromatic carbocycles. The van der Waals surface area contributed by atoms with Crippen molar-refractivity contribution in [2.24, 2.45) is 0 Å². The van der Waals surface area contributed by atoms with Crippen LogP contribution in [0.4, 0.5) is 17.6 Å². The highest BCUT2D eigenvalue weighted by Gasteiger charge is 2.33. The van der Waals surface area contributed by atoms with E-state index in [-0.39, 0.29) is 16.8 Å². The molecular formula is C17H13BrClF4N3O2. The van der Waals surface area contributed by atoms with Gasteiger partial charge in [0.1, 0.15) is 5.15 Å². The fourth-order valence-electron chi connectivity index (χ4n) is 2.12. The molecule has 1 aromatic heterocycles. The van der Waals surface area contributed by atoms with Crippen molar-refractivity contribution in [3.63, 3.8) is 0 Å². The van der Waals surface area contributed by atoms with Crippen LogP contribution >= 0.6 is 27.5 Å². The van der Waals surface area contributed by atoms with Crippen LogP contribution in [-0.4, -0.2) is 27.3 Å². The maximum absolute atomic E-state index is 13.9. The van der Waals surface area contributed by atoms with Gasteiger partial charge in [0.2, 0.25) is 0 Å². The number of halogens is 6. The number of hydrogen-bond donors (Lipinski definition) is 1. The monoisotopic (exact) mass is 481 g/mol. The molecule has 0 saturated heterocycles. The third-order valence-corrected chi connectivity index (χ3v) is 4.21. The summed E-state index contributed by atoms with van der Waals surface area (Å²) in [5.41, 5.74) is -0.191. The molecular weight excluding hydrogens is 470 g/mol. The van der Waals surface area contributed by atoms with Crippen molar-refractivity contribution in [3.8, 4) is 0 Å². The van der Waals surface area contributed by atoms with Gasteiger partial charge >= 0.3 is 0 Å². The van der Waals surface area contributed by atoms with Gasteiger partial charge in [-0.25, -0.2) is 27.6 Å². The maximum atomic E-state index is 13.9. The second kappa shape index (κ2) is 8.04. The van der Waals surface area contributed by atoms with Crippen LogP contribution in [0, 0.1) is 23.3 Å². The number of pyridine rings is 1. The average Bonchev–Trinajstić information content (AvgIpc) is 2.61. The van der Waals surface area contributed by atoms with Crippen LogP contribution in [0.3, 0.4) is 0 Å². The van der Waals surface area contributed by atoms with Gasteiger partial charge in [0.15, 0.2) is 23.3 Å². The van der Waals surface area contributed by atoms with Gasteiger partial charge in [-0.3, -0.25) is 15.0 Å². The summed E-state index contributed by atoms with van der Waals surface area (Å²) in [4.78, 5) is 29.0. The van der Waals surface area contributed by atoms with Gasteiger partial charge in [-0.05, 0) is 48.8 Å². The molecule has 0 spiro atoms. The van der Waals surface area contributed by atoms with Crippen molar-refractivity contribution in [3.05, 3.63) is 62.4 Å². The number of nitrogens with zero attached hydrogens (tertiary/aromatic N) is 2. The van der Waals surface area contributed by atoms with E-state index in [0.29, 0.717) is 4.47 Å². The lowest BCUT2D eigenvalue weighted by Crippen LogP contribution is -2.56. The highest BCUT2D eigenvalue weighted by molar-refractivity contribution is 9.10. The largest absolute Gasteiger partial charge is 0.275 e. The summed E-state index contributed by atoms with van der Waals surface area (Å²) in [6, 6.07) is 1.54. The number of carbonyl (C=O) groups excluding carboxylic acids is 2. The predicted octanol–water partition coefficient (Wildman–Crippen LogP) is 4.64. The molecule has 0 radical (unpaired) electrons. The van der Waals surface area contributed by atoms with Crippen molar-refractivity contribution < 1.29 is 27.2 Å². The normalized spacial score (nSPS) is 11.3. The zero-order valence-corrected chi connectivity index (χ0v) is 17.1. The van der Waals surface area contributed by atoms with Crippen molar-refractivity contribution in [1.82, 2.24) is 15.4 Å². The standard InChI is InChI=1S/C17H13BrClF4N3O2/c1-17(2,3)26(16(28)9-4-7(18)6-24-14(9)19)25-15(27)8-5-10(20)12(22)13(23)11(8)21/h4-6H,1-3H3,(H,25,27). The van der Waals surface area contributed by atoms with Crippen molar-refractivity contribution in [1.29, 1.82) is 0 Å². The molecule has 2 rings (SSSR count). The number of rotatable bonds is 2. The molecule has 0 aliphatic heterocycles. The van der Waals surface area contributed by atoms with Crippen LogP contribution in [0.2, 0.25) is 5.15 Å². The first-order chi connectivity index (χ1) is 12.8. The Hall–Kier alpha value is -2.20. The second-order valence-corrected chi connectivity index (χ2v) is 7.87. The summed E-state index contributed by atoms with van der Waals surface area (Å²) in [5, 5.41) is 0.630. The predicted molar refractivity (Wildman–Crippen MR) is 96.6 cm³/mol. The maximum Gasteiger partial charge on any atom is 0.275 e. The molecule has 5 nitrogen and oxygen atoms in total. The lowest BCUT2D eigenvalue weighted by Gasteiger charge is -2.35. The van der Waals surface area contributed by atoms with Crippen molar-refractivity contribution in [2.45, 2.75) is 26.3 Å². The van der Waals surface area contributed by atoms with Crippen LogP contribution < -0.4 is 5.43 Å². The van der Waals surface area contributed by atoms with Gasteiger partial charge in [0.25, 0.3) is 11.8 Å². The highest BCUT2D eigenvalue weighted by atomic mass is 79.9. The number of hydrogen-bond acceptors (Lipinski definition) is 3. The van der Waals surface area contributed by atoms with E-state index in [0.717, 1.165) is 5.01 Å². The van der Waals surface area contributed by atoms with Gasteiger partial charge in [0.05, 0.1) is 16.7 Å². The molecule has 28 heavy (non-hydrogen) atoms. The Morgan fingerprint density at radius 3 is 2.25 bits per heavy atom. The molecule has 150 valence electrons. The fourth-order valence-corrected chi connectivity index (χ4v) is 2.63. The topological polar surface area (TPSA) is 62.3 Å². The zero-order chi connectivity index (χ0) is 21.4. The minimum atomic E-state index is -2.14. The molecule has 0 unspecified atom stereocenters. The quantitative estimate of drug-likeness (QED) is 0.223. The molecule has 2 amide bonds. The summed E-state index contributed by atoms with van der Waals surface area (Å²) >= 11 is 9.07. The lowest BCUT2D eigenvalue weighted by atomic mass is 10.1. The van der Waals surface area contributed by atoms with Crippen LogP contribution in [0.1, 0.15) is 41.5 Å². The van der Waals surface area contributed by atoms with E-state index in [2.05, 4.69) is 26.3 Å². The van der Waals surface area contributed by atoms with Crippen LogP contribution in [0.25, 0.3) is 0 Å². The summed E-state index contributed by atoms with van der Waals surface area (Å²) in [6.45, 7) is 4.60. The van der Waals surface area contributed by atoms with Crippen LogP contribution in [-0.2, 0) is 0 Å². The molecule has 0 aliphatic rings. The second-order valence-electron chi connectivity index (χ2n) is 6.59. The first-order valence-electron chi connectivity index (χ1n) is 7.64. The van der Waals surface area contributed by atoms with Crippen molar-refractivity contribution in [2.75, 3.05) is 0 Å². The average molecular weight is 483 g/mol. The van der Waals surface area contributed by atoms with Gasteiger partial charge < -0.3 is 0 Å². The molecule has 1 N–H and O–H groups in total.